The van der Waals surface area contributed by atoms with Gasteiger partial charge in [0.05, 0.1) is 32.3 Å². The van der Waals surface area contributed by atoms with E-state index in [0.717, 1.165) is 66.0 Å². The van der Waals surface area contributed by atoms with Crippen molar-refractivity contribution >= 4 is 32.7 Å². The summed E-state index contributed by atoms with van der Waals surface area (Å²) in [6.07, 6.45) is 2.84. The van der Waals surface area contributed by atoms with Crippen molar-refractivity contribution in [3.05, 3.63) is 58.7 Å². The molecule has 2 heterocycles. The zero-order chi connectivity index (χ0) is 23.0. The topological polar surface area (TPSA) is 72.9 Å². The Morgan fingerprint density at radius 2 is 1.94 bits per heavy atom. The molecule has 7 nitrogen and oxygen atoms in total. The molecule has 1 aromatic heterocycles. The van der Waals surface area contributed by atoms with E-state index in [1.54, 1.807) is 13.3 Å². The van der Waals surface area contributed by atoms with Gasteiger partial charge in [-0.05, 0) is 49.4 Å². The third-order valence-electron chi connectivity index (χ3n) is 5.57. The smallest absolute Gasteiger partial charge is 0.224 e. The minimum atomic E-state index is -0.0334. The molecule has 2 aromatic carbocycles. The van der Waals surface area contributed by atoms with E-state index in [4.69, 9.17) is 14.2 Å². The number of nitrogens with zero attached hydrogens (tertiary/aromatic N) is 2. The SMILES string of the molecule is COc1cc2nccc(Oc3ccc(Br)cc3)c2cc1CC(=O)NCCCN1CCOCC1. The van der Waals surface area contributed by atoms with Gasteiger partial charge in [-0.2, -0.15) is 0 Å². The van der Waals surface area contributed by atoms with Crippen LogP contribution in [0, 0.1) is 0 Å². The van der Waals surface area contributed by atoms with Crippen LogP contribution in [0.3, 0.4) is 0 Å². The molecule has 33 heavy (non-hydrogen) atoms. The van der Waals surface area contributed by atoms with E-state index in [1.165, 1.54) is 0 Å². The van der Waals surface area contributed by atoms with E-state index in [0.29, 0.717) is 18.0 Å². The van der Waals surface area contributed by atoms with Crippen molar-refractivity contribution in [2.75, 3.05) is 46.5 Å². The first kappa shape index (κ1) is 23.5. The number of nitrogens with one attached hydrogen (secondary N) is 1. The van der Waals surface area contributed by atoms with Gasteiger partial charge in [0, 0.05) is 47.3 Å². The predicted octanol–water partition coefficient (Wildman–Crippen LogP) is 4.18. The number of halogens is 1. The molecular formula is C25H28BrN3O4. The molecule has 0 radical (unpaired) electrons. The molecule has 1 N–H and O–H groups in total. The Balaban J connectivity index is 1.43. The highest BCUT2D eigenvalue weighted by molar-refractivity contribution is 9.10. The first-order valence-electron chi connectivity index (χ1n) is 11.1. The second-order valence-electron chi connectivity index (χ2n) is 7.88. The van der Waals surface area contributed by atoms with Crippen molar-refractivity contribution in [3.8, 4) is 17.2 Å². The lowest BCUT2D eigenvalue weighted by molar-refractivity contribution is -0.120. The normalized spacial score (nSPS) is 14.2. The number of morpholine rings is 1. The molecule has 1 saturated heterocycles. The van der Waals surface area contributed by atoms with Crippen LogP contribution >= 0.6 is 15.9 Å². The highest BCUT2D eigenvalue weighted by Gasteiger charge is 2.14. The van der Waals surface area contributed by atoms with Gasteiger partial charge in [-0.15, -0.1) is 0 Å². The lowest BCUT2D eigenvalue weighted by atomic mass is 10.1. The number of fused-ring (bicyclic) bond motifs is 1. The number of amides is 1. The average Bonchev–Trinajstić information content (AvgIpc) is 2.84. The third-order valence-corrected chi connectivity index (χ3v) is 6.10. The van der Waals surface area contributed by atoms with Crippen molar-refractivity contribution < 1.29 is 19.0 Å². The number of carbonyl (C=O) groups is 1. The number of methoxy groups -OCH3 is 1. The molecule has 0 saturated carbocycles. The number of ether oxygens (including phenoxy) is 3. The van der Waals surface area contributed by atoms with Crippen molar-refractivity contribution in [2.24, 2.45) is 0 Å². The summed E-state index contributed by atoms with van der Waals surface area (Å²) in [7, 11) is 1.60. The molecule has 1 fully saturated rings. The van der Waals surface area contributed by atoms with E-state index >= 15 is 0 Å². The van der Waals surface area contributed by atoms with Gasteiger partial charge < -0.3 is 19.5 Å². The first-order chi connectivity index (χ1) is 16.1. The Morgan fingerprint density at radius 3 is 2.70 bits per heavy atom. The van der Waals surface area contributed by atoms with Gasteiger partial charge in [0.25, 0.3) is 0 Å². The fourth-order valence-electron chi connectivity index (χ4n) is 3.83. The largest absolute Gasteiger partial charge is 0.496 e. The summed E-state index contributed by atoms with van der Waals surface area (Å²) in [4.78, 5) is 19.4. The second kappa shape index (κ2) is 11.4. The number of pyridine rings is 1. The number of hydrogen-bond acceptors (Lipinski definition) is 6. The highest BCUT2D eigenvalue weighted by Crippen LogP contribution is 2.33. The Bertz CT molecular complexity index is 1080. The number of hydrogen-bond donors (Lipinski definition) is 1. The summed E-state index contributed by atoms with van der Waals surface area (Å²) >= 11 is 3.44. The van der Waals surface area contributed by atoms with E-state index in [9.17, 15) is 4.79 Å². The van der Waals surface area contributed by atoms with Gasteiger partial charge in [-0.3, -0.25) is 14.7 Å². The van der Waals surface area contributed by atoms with E-state index in [-0.39, 0.29) is 12.3 Å². The van der Waals surface area contributed by atoms with Crippen LogP contribution in [0.15, 0.2) is 53.1 Å². The second-order valence-corrected chi connectivity index (χ2v) is 8.80. The highest BCUT2D eigenvalue weighted by atomic mass is 79.9. The van der Waals surface area contributed by atoms with Crippen molar-refractivity contribution in [1.82, 2.24) is 15.2 Å². The monoisotopic (exact) mass is 513 g/mol. The van der Waals surface area contributed by atoms with Crippen LogP contribution in [0.2, 0.25) is 0 Å². The zero-order valence-electron chi connectivity index (χ0n) is 18.7. The maximum absolute atomic E-state index is 12.6. The molecule has 0 spiro atoms. The molecule has 8 heteroatoms. The molecule has 0 aliphatic carbocycles. The molecule has 0 unspecified atom stereocenters. The average molecular weight is 514 g/mol. The molecule has 3 aromatic rings. The van der Waals surface area contributed by atoms with Crippen molar-refractivity contribution in [3.63, 3.8) is 0 Å². The molecule has 4 rings (SSSR count). The fourth-order valence-corrected chi connectivity index (χ4v) is 4.09. The third kappa shape index (κ3) is 6.43. The van der Waals surface area contributed by atoms with Crippen LogP contribution in [-0.2, 0) is 16.0 Å². The maximum Gasteiger partial charge on any atom is 0.224 e. The first-order valence-corrected chi connectivity index (χ1v) is 11.9. The standard InChI is InChI=1S/C25H28BrN3O4/c1-31-24-17-22-21(23(7-9-27-22)33-20-5-3-19(26)4-6-20)15-18(24)16-25(30)28-8-2-10-29-11-13-32-14-12-29/h3-7,9,15,17H,2,8,10-14,16H2,1H3,(H,28,30). The summed E-state index contributed by atoms with van der Waals surface area (Å²) < 4.78 is 18.0. The number of carbonyl (C=O) groups excluding carboxylic acids is 1. The lowest BCUT2D eigenvalue weighted by Crippen LogP contribution is -2.38. The lowest BCUT2D eigenvalue weighted by Gasteiger charge is -2.26. The van der Waals surface area contributed by atoms with Crippen LogP contribution in [0.1, 0.15) is 12.0 Å². The Labute approximate surface area is 202 Å². The number of rotatable bonds is 9. The molecular weight excluding hydrogens is 486 g/mol. The van der Waals surface area contributed by atoms with Crippen LogP contribution in [0.4, 0.5) is 0 Å². The van der Waals surface area contributed by atoms with Gasteiger partial charge in [0.1, 0.15) is 17.2 Å². The van der Waals surface area contributed by atoms with Crippen LogP contribution < -0.4 is 14.8 Å². The summed E-state index contributed by atoms with van der Waals surface area (Å²) in [6, 6.07) is 13.3. The van der Waals surface area contributed by atoms with Gasteiger partial charge in [-0.25, -0.2) is 0 Å². The molecule has 1 aliphatic heterocycles. The van der Waals surface area contributed by atoms with Crippen LogP contribution in [0.25, 0.3) is 10.9 Å². The van der Waals surface area contributed by atoms with Crippen molar-refractivity contribution in [1.29, 1.82) is 0 Å². The number of aromatic nitrogens is 1. The van der Waals surface area contributed by atoms with Gasteiger partial charge in [-0.1, -0.05) is 15.9 Å². The minimum absolute atomic E-state index is 0.0334. The van der Waals surface area contributed by atoms with E-state index < -0.39 is 0 Å². The number of benzene rings is 2. The molecule has 0 atom stereocenters. The molecule has 1 amide bonds. The van der Waals surface area contributed by atoms with Gasteiger partial charge in [0.15, 0.2) is 0 Å². The molecule has 1 aliphatic rings. The zero-order valence-corrected chi connectivity index (χ0v) is 20.3. The van der Waals surface area contributed by atoms with Gasteiger partial charge >= 0.3 is 0 Å². The summed E-state index contributed by atoms with van der Waals surface area (Å²) in [5.41, 5.74) is 1.54. The van der Waals surface area contributed by atoms with E-state index in [1.807, 2.05) is 42.5 Å². The summed E-state index contributed by atoms with van der Waals surface area (Å²) in [6.45, 7) is 5.10. The fraction of sp³-hybridized carbons (Fsp3) is 0.360. The molecule has 174 valence electrons. The Morgan fingerprint density at radius 1 is 1.15 bits per heavy atom. The molecule has 0 bridgehead atoms. The maximum atomic E-state index is 12.6. The van der Waals surface area contributed by atoms with Crippen molar-refractivity contribution in [2.45, 2.75) is 12.8 Å². The van der Waals surface area contributed by atoms with Crippen LogP contribution in [-0.4, -0.2) is 62.3 Å². The minimum Gasteiger partial charge on any atom is -0.496 e. The predicted molar refractivity (Wildman–Crippen MR) is 131 cm³/mol. The summed E-state index contributed by atoms with van der Waals surface area (Å²) in [5, 5.41) is 3.86. The quantitative estimate of drug-likeness (QED) is 0.432. The summed E-state index contributed by atoms with van der Waals surface area (Å²) in [5.74, 6) is 2.01. The van der Waals surface area contributed by atoms with Crippen LogP contribution in [0.5, 0.6) is 17.2 Å². The Kier molecular flexibility index (Phi) is 8.15. The van der Waals surface area contributed by atoms with Gasteiger partial charge in [0.2, 0.25) is 5.91 Å². The van der Waals surface area contributed by atoms with E-state index in [2.05, 4.69) is 31.1 Å². The Hall–Kier alpha value is -2.68.